The minimum absolute atomic E-state index is 0.00833. The van der Waals surface area contributed by atoms with Gasteiger partial charge in [0.2, 0.25) is 5.91 Å². The molecule has 1 aliphatic heterocycles. The molecule has 1 saturated heterocycles. The van der Waals surface area contributed by atoms with Crippen LogP contribution in [0.1, 0.15) is 13.8 Å². The summed E-state index contributed by atoms with van der Waals surface area (Å²) in [5.74, 6) is 0.469. The van der Waals surface area contributed by atoms with Gasteiger partial charge in [-0.3, -0.25) is 4.79 Å². The number of nitrogens with one attached hydrogen (secondary N) is 1. The standard InChI is InChI=1S/C15H22N3O4/c1-11(2)15(19)17-8-6-16(7-9-17)12-4-5-13(18(20)21)14(10-12)22-3/h4-5,10-11,18H,6-9H2,1-3H3/q-1. The lowest BCUT2D eigenvalue weighted by Gasteiger charge is -2.37. The summed E-state index contributed by atoms with van der Waals surface area (Å²) in [6, 6.07) is 4.94. The van der Waals surface area contributed by atoms with E-state index in [2.05, 4.69) is 4.90 Å². The van der Waals surface area contributed by atoms with Crippen molar-refractivity contribution in [3.8, 4) is 5.75 Å². The monoisotopic (exact) mass is 308 g/mol. The fourth-order valence-corrected chi connectivity index (χ4v) is 2.60. The van der Waals surface area contributed by atoms with E-state index in [4.69, 9.17) is 4.74 Å². The Kier molecular flexibility index (Phi) is 5.23. The van der Waals surface area contributed by atoms with Crippen molar-refractivity contribution in [2.45, 2.75) is 13.8 Å². The number of quaternary nitrogens is 1. The quantitative estimate of drug-likeness (QED) is 0.820. The number of nitrogens with zero attached hydrogens (tertiary/aromatic N) is 2. The summed E-state index contributed by atoms with van der Waals surface area (Å²) < 4.78 is 5.12. The molecular weight excluding hydrogens is 286 g/mol. The average molecular weight is 308 g/mol. The molecule has 1 amide bonds. The van der Waals surface area contributed by atoms with Gasteiger partial charge in [0.05, 0.1) is 7.11 Å². The maximum atomic E-state index is 12.0. The maximum absolute atomic E-state index is 12.0. The van der Waals surface area contributed by atoms with Gasteiger partial charge >= 0.3 is 0 Å². The van der Waals surface area contributed by atoms with Gasteiger partial charge in [0.15, 0.2) is 11.4 Å². The zero-order valence-corrected chi connectivity index (χ0v) is 13.2. The number of hydrogen-bond donors (Lipinski definition) is 1. The number of carbonyl (C=O) groups is 1. The second-order valence-corrected chi connectivity index (χ2v) is 5.64. The lowest BCUT2D eigenvalue weighted by molar-refractivity contribution is -0.715. The number of anilines is 1. The van der Waals surface area contributed by atoms with Crippen molar-refractivity contribution in [3.05, 3.63) is 28.6 Å². The van der Waals surface area contributed by atoms with Crippen molar-refractivity contribution in [2.75, 3.05) is 38.2 Å². The molecule has 1 heterocycles. The number of benzene rings is 1. The Morgan fingerprint density at radius 1 is 1.23 bits per heavy atom. The van der Waals surface area contributed by atoms with E-state index in [1.807, 2.05) is 18.7 Å². The van der Waals surface area contributed by atoms with Crippen molar-refractivity contribution >= 4 is 17.3 Å². The van der Waals surface area contributed by atoms with Gasteiger partial charge < -0.3 is 30.2 Å². The number of methoxy groups -OCH3 is 1. The van der Waals surface area contributed by atoms with Gasteiger partial charge in [-0.05, 0) is 6.07 Å². The Bertz CT molecular complexity index is 526. The highest BCUT2D eigenvalue weighted by Crippen LogP contribution is 2.28. The molecule has 122 valence electrons. The molecule has 0 bridgehead atoms. The van der Waals surface area contributed by atoms with Crippen molar-refractivity contribution in [1.29, 1.82) is 0 Å². The minimum Gasteiger partial charge on any atom is -0.628 e. The fourth-order valence-electron chi connectivity index (χ4n) is 2.60. The molecule has 0 atom stereocenters. The predicted molar refractivity (Wildman–Crippen MR) is 84.0 cm³/mol. The highest BCUT2D eigenvalue weighted by Gasteiger charge is 2.23. The fraction of sp³-hybridized carbons (Fsp3) is 0.533. The second-order valence-electron chi connectivity index (χ2n) is 5.64. The van der Waals surface area contributed by atoms with Crippen LogP contribution in [0.25, 0.3) is 0 Å². The summed E-state index contributed by atoms with van der Waals surface area (Å²) in [7, 11) is 1.44. The second kappa shape index (κ2) is 6.95. The van der Waals surface area contributed by atoms with Crippen LogP contribution in [0.5, 0.6) is 5.75 Å². The Morgan fingerprint density at radius 2 is 1.86 bits per heavy atom. The number of rotatable bonds is 4. The molecule has 0 radical (unpaired) electrons. The van der Waals surface area contributed by atoms with Crippen LogP contribution in [0, 0.1) is 16.3 Å². The van der Waals surface area contributed by atoms with Crippen molar-refractivity contribution in [2.24, 2.45) is 5.92 Å². The highest BCUT2D eigenvalue weighted by molar-refractivity contribution is 5.78. The van der Waals surface area contributed by atoms with Gasteiger partial charge in [0.25, 0.3) is 0 Å². The highest BCUT2D eigenvalue weighted by atomic mass is 16.8. The van der Waals surface area contributed by atoms with Crippen LogP contribution in [-0.4, -0.2) is 44.1 Å². The Hall–Kier alpha value is -1.83. The zero-order chi connectivity index (χ0) is 16.3. The SMILES string of the molecule is COc1cc(N2CCN(C(=O)C(C)C)CC2)ccc1[NH+]([O-])[O-]. The van der Waals surface area contributed by atoms with Crippen LogP contribution >= 0.6 is 0 Å². The van der Waals surface area contributed by atoms with E-state index in [0.29, 0.717) is 26.2 Å². The van der Waals surface area contributed by atoms with Crippen LogP contribution in [-0.2, 0) is 4.79 Å². The van der Waals surface area contributed by atoms with E-state index >= 15 is 0 Å². The molecule has 1 aromatic carbocycles. The average Bonchev–Trinajstić information content (AvgIpc) is 2.53. The van der Waals surface area contributed by atoms with Crippen LogP contribution < -0.4 is 14.9 Å². The third-order valence-electron chi connectivity index (χ3n) is 3.86. The molecule has 1 aromatic rings. The molecule has 7 nitrogen and oxygen atoms in total. The lowest BCUT2D eigenvalue weighted by Crippen LogP contribution is -2.96. The molecule has 0 spiro atoms. The van der Waals surface area contributed by atoms with E-state index in [0.717, 1.165) is 5.69 Å². The summed E-state index contributed by atoms with van der Waals surface area (Å²) in [6.45, 7) is 6.57. The maximum Gasteiger partial charge on any atom is 0.225 e. The topological polar surface area (TPSA) is 83.3 Å². The minimum atomic E-state index is -1.25. The molecule has 0 aliphatic carbocycles. The summed E-state index contributed by atoms with van der Waals surface area (Å²) in [4.78, 5) is 16.0. The molecule has 0 saturated carbocycles. The molecule has 1 N–H and O–H groups in total. The number of ether oxygens (including phenoxy) is 1. The first-order valence-corrected chi connectivity index (χ1v) is 7.37. The predicted octanol–water partition coefficient (Wildman–Crippen LogP) is 0.512. The molecule has 0 aromatic heterocycles. The number of hydrogen-bond acceptors (Lipinski definition) is 5. The summed E-state index contributed by atoms with van der Waals surface area (Å²) in [5, 5.41) is 20.7. The first-order valence-electron chi connectivity index (χ1n) is 7.37. The smallest absolute Gasteiger partial charge is 0.225 e. The van der Waals surface area contributed by atoms with Gasteiger partial charge in [-0.2, -0.15) is 0 Å². The van der Waals surface area contributed by atoms with E-state index in [1.165, 1.54) is 13.2 Å². The van der Waals surface area contributed by atoms with Gasteiger partial charge in [-0.1, -0.05) is 13.8 Å². The summed E-state index contributed by atoms with van der Waals surface area (Å²) >= 11 is 0. The van der Waals surface area contributed by atoms with Crippen LogP contribution in [0.2, 0.25) is 0 Å². The van der Waals surface area contributed by atoms with E-state index in [9.17, 15) is 15.2 Å². The zero-order valence-electron chi connectivity index (χ0n) is 13.2. The van der Waals surface area contributed by atoms with Gasteiger partial charge in [0, 0.05) is 49.9 Å². The van der Waals surface area contributed by atoms with Crippen LogP contribution in [0.15, 0.2) is 18.2 Å². The molecule has 1 fully saturated rings. The van der Waals surface area contributed by atoms with Gasteiger partial charge in [-0.15, -0.1) is 0 Å². The van der Waals surface area contributed by atoms with Crippen molar-refractivity contribution < 1.29 is 14.8 Å². The first-order chi connectivity index (χ1) is 10.4. The third-order valence-corrected chi connectivity index (χ3v) is 3.86. The number of piperazine rings is 1. The number of carbonyl (C=O) groups excluding carboxylic acids is 1. The summed E-state index contributed by atoms with van der Waals surface area (Å²) in [5.41, 5.74) is 0.929. The van der Waals surface area contributed by atoms with Crippen LogP contribution in [0.3, 0.4) is 0 Å². The van der Waals surface area contributed by atoms with Gasteiger partial charge in [0.1, 0.15) is 0 Å². The molecule has 2 rings (SSSR count). The Balaban J connectivity index is 2.07. The molecule has 22 heavy (non-hydrogen) atoms. The van der Waals surface area contributed by atoms with E-state index in [-0.39, 0.29) is 23.3 Å². The third kappa shape index (κ3) is 3.49. The van der Waals surface area contributed by atoms with Crippen LogP contribution in [0.4, 0.5) is 11.4 Å². The largest absolute Gasteiger partial charge is 0.628 e. The van der Waals surface area contributed by atoms with E-state index < -0.39 is 5.23 Å². The van der Waals surface area contributed by atoms with E-state index in [1.54, 1.807) is 12.1 Å². The van der Waals surface area contributed by atoms with Crippen molar-refractivity contribution in [3.63, 3.8) is 0 Å². The lowest BCUT2D eigenvalue weighted by atomic mass is 10.1. The molecular formula is C15H22N3O4-. The van der Waals surface area contributed by atoms with Gasteiger partial charge in [-0.25, -0.2) is 0 Å². The summed E-state index contributed by atoms with van der Waals surface area (Å²) in [6.07, 6.45) is 0. The molecule has 1 aliphatic rings. The first kappa shape index (κ1) is 16.5. The van der Waals surface area contributed by atoms with Crippen molar-refractivity contribution in [1.82, 2.24) is 4.90 Å². The number of amides is 1. The Labute approximate surface area is 130 Å². The Morgan fingerprint density at radius 3 is 2.36 bits per heavy atom. The normalized spacial score (nSPS) is 15.6. The molecule has 0 unspecified atom stereocenters. The molecule has 7 heteroatoms.